The van der Waals surface area contributed by atoms with Gasteiger partial charge in [0.1, 0.15) is 0 Å². The van der Waals surface area contributed by atoms with Crippen molar-refractivity contribution >= 4 is 16.1 Å². The van der Waals surface area contributed by atoms with Gasteiger partial charge in [-0.15, -0.1) is 0 Å². The molecule has 0 aromatic heterocycles. The van der Waals surface area contributed by atoms with Crippen LogP contribution in [0.1, 0.15) is 19.4 Å². The summed E-state index contributed by atoms with van der Waals surface area (Å²) in [6, 6.07) is 5.51. The summed E-state index contributed by atoms with van der Waals surface area (Å²) in [7, 11) is -3.85. The van der Waals surface area contributed by atoms with Crippen LogP contribution in [0.5, 0.6) is 0 Å². The molecule has 0 saturated heterocycles. The molecule has 2 N–H and O–H groups in total. The van der Waals surface area contributed by atoms with Crippen molar-refractivity contribution in [2.24, 2.45) is 0 Å². The van der Waals surface area contributed by atoms with E-state index in [4.69, 9.17) is 4.74 Å². The fourth-order valence-electron chi connectivity index (χ4n) is 2.01. The molecule has 2 amide bonds. The number of benzene rings is 1. The van der Waals surface area contributed by atoms with E-state index < -0.39 is 16.1 Å². The highest BCUT2D eigenvalue weighted by Crippen LogP contribution is 2.09. The molecule has 1 rings (SSSR count). The van der Waals surface area contributed by atoms with Crippen LogP contribution >= 0.6 is 0 Å². The molecule has 7 nitrogen and oxygen atoms in total. The van der Waals surface area contributed by atoms with E-state index in [2.05, 4.69) is 24.1 Å². The Morgan fingerprint density at radius 3 is 2.33 bits per heavy atom. The molecule has 0 spiro atoms. The molecule has 0 unspecified atom stereocenters. The molecule has 1 aromatic carbocycles. The molecule has 1 aromatic rings. The molecule has 8 heteroatoms. The quantitative estimate of drug-likeness (QED) is 0.617. The number of nitrogens with zero attached hydrogens (tertiary/aromatic N) is 1. The first-order chi connectivity index (χ1) is 11.4. The molecule has 0 saturated carbocycles. The Bertz CT molecular complexity index is 598. The number of carbonyl (C=O) groups excluding carboxylic acids is 1. The fraction of sp³-hybridized carbons (Fsp3) is 0.562. The lowest BCUT2D eigenvalue weighted by molar-refractivity contribution is 0.109. The van der Waals surface area contributed by atoms with E-state index in [1.165, 1.54) is 12.1 Å². The Hall–Kier alpha value is -1.64. The van der Waals surface area contributed by atoms with Gasteiger partial charge in [-0.3, -0.25) is 0 Å². The van der Waals surface area contributed by atoms with Crippen LogP contribution in [-0.4, -0.2) is 58.7 Å². The Labute approximate surface area is 144 Å². The Morgan fingerprint density at radius 1 is 1.12 bits per heavy atom. The zero-order valence-electron chi connectivity index (χ0n) is 14.5. The molecule has 136 valence electrons. The highest BCUT2D eigenvalue weighted by Gasteiger charge is 2.16. The first kappa shape index (κ1) is 20.4. The van der Waals surface area contributed by atoms with Crippen LogP contribution in [0.15, 0.2) is 29.2 Å². The zero-order valence-corrected chi connectivity index (χ0v) is 15.4. The van der Waals surface area contributed by atoms with Gasteiger partial charge in [0.25, 0.3) is 10.0 Å². The van der Waals surface area contributed by atoms with Crippen LogP contribution in [0.25, 0.3) is 0 Å². The summed E-state index contributed by atoms with van der Waals surface area (Å²) in [5.74, 6) is 0. The first-order valence-corrected chi connectivity index (χ1v) is 9.54. The predicted molar refractivity (Wildman–Crippen MR) is 93.5 cm³/mol. The molecule has 0 aliphatic carbocycles. The lowest BCUT2D eigenvalue weighted by atomic mass is 10.2. The summed E-state index contributed by atoms with van der Waals surface area (Å²) < 4.78 is 31.4. The maximum atomic E-state index is 12.0. The molecular weight excluding hydrogens is 330 g/mol. The average Bonchev–Trinajstić information content (AvgIpc) is 2.54. The second-order valence-electron chi connectivity index (χ2n) is 5.31. The molecule has 0 atom stereocenters. The molecule has 0 radical (unpaired) electrons. The van der Waals surface area contributed by atoms with Crippen LogP contribution in [0.4, 0.5) is 4.79 Å². The molecule has 0 fully saturated rings. The van der Waals surface area contributed by atoms with Gasteiger partial charge in [0, 0.05) is 13.1 Å². The number of rotatable bonds is 10. The number of ether oxygens (including phenoxy) is 1. The lowest BCUT2D eigenvalue weighted by Gasteiger charge is -2.17. The van der Waals surface area contributed by atoms with Crippen molar-refractivity contribution in [2.45, 2.75) is 25.7 Å². The molecule has 0 bridgehead atoms. The minimum atomic E-state index is -3.85. The summed E-state index contributed by atoms with van der Waals surface area (Å²) in [6.07, 6.45) is 0. The van der Waals surface area contributed by atoms with Crippen LogP contribution in [0, 0.1) is 6.92 Å². The smallest absolute Gasteiger partial charge is 0.328 e. The van der Waals surface area contributed by atoms with Gasteiger partial charge in [0.15, 0.2) is 0 Å². The third-order valence-corrected chi connectivity index (χ3v) is 4.88. The second-order valence-corrected chi connectivity index (χ2v) is 7.00. The number of carbonyl (C=O) groups is 1. The molecule has 0 aliphatic heterocycles. The third kappa shape index (κ3) is 7.29. The number of hydrogen-bond donors (Lipinski definition) is 2. The SMILES string of the molecule is CCN(CC)CCOCCNC(=O)NS(=O)(=O)c1ccc(C)cc1. The Balaban J connectivity index is 2.27. The van der Waals surface area contributed by atoms with Gasteiger partial charge in [-0.2, -0.15) is 0 Å². The molecule has 0 aliphatic rings. The van der Waals surface area contributed by atoms with Crippen molar-refractivity contribution in [3.63, 3.8) is 0 Å². The Kier molecular flexibility index (Phi) is 8.73. The van der Waals surface area contributed by atoms with Crippen molar-refractivity contribution in [3.8, 4) is 0 Å². The van der Waals surface area contributed by atoms with Gasteiger partial charge in [-0.1, -0.05) is 31.5 Å². The van der Waals surface area contributed by atoms with Crippen LogP contribution in [0.3, 0.4) is 0 Å². The third-order valence-electron chi connectivity index (χ3n) is 3.54. The van der Waals surface area contributed by atoms with Crippen LogP contribution in [0.2, 0.25) is 0 Å². The van der Waals surface area contributed by atoms with Crippen molar-refractivity contribution in [1.82, 2.24) is 14.9 Å². The summed E-state index contributed by atoms with van der Waals surface area (Å²) in [6.45, 7) is 9.96. The van der Waals surface area contributed by atoms with E-state index >= 15 is 0 Å². The Morgan fingerprint density at radius 2 is 1.75 bits per heavy atom. The van der Waals surface area contributed by atoms with E-state index in [0.29, 0.717) is 13.2 Å². The van der Waals surface area contributed by atoms with E-state index in [1.54, 1.807) is 12.1 Å². The van der Waals surface area contributed by atoms with Gasteiger partial charge in [-0.05, 0) is 32.1 Å². The van der Waals surface area contributed by atoms with Crippen molar-refractivity contribution < 1.29 is 17.9 Å². The number of urea groups is 1. The summed E-state index contributed by atoms with van der Waals surface area (Å²) in [5, 5.41) is 2.47. The normalized spacial score (nSPS) is 11.5. The van der Waals surface area contributed by atoms with Crippen molar-refractivity contribution in [3.05, 3.63) is 29.8 Å². The molecule has 0 heterocycles. The average molecular weight is 357 g/mol. The van der Waals surface area contributed by atoms with Gasteiger partial charge < -0.3 is 15.0 Å². The number of likely N-dealkylation sites (N-methyl/N-ethyl adjacent to an activating group) is 1. The highest BCUT2D eigenvalue weighted by molar-refractivity contribution is 7.90. The minimum Gasteiger partial charge on any atom is -0.378 e. The van der Waals surface area contributed by atoms with Gasteiger partial charge in [0.2, 0.25) is 0 Å². The maximum absolute atomic E-state index is 12.0. The number of nitrogens with one attached hydrogen (secondary N) is 2. The molecule has 24 heavy (non-hydrogen) atoms. The fourth-order valence-corrected chi connectivity index (χ4v) is 2.94. The van der Waals surface area contributed by atoms with Crippen molar-refractivity contribution in [1.29, 1.82) is 0 Å². The maximum Gasteiger partial charge on any atom is 0.328 e. The van der Waals surface area contributed by atoms with Crippen LogP contribution < -0.4 is 10.0 Å². The van der Waals surface area contributed by atoms with Gasteiger partial charge in [-0.25, -0.2) is 17.9 Å². The molecular formula is C16H27N3O4S. The zero-order chi connectivity index (χ0) is 18.0. The second kappa shape index (κ2) is 10.3. The van der Waals surface area contributed by atoms with E-state index in [-0.39, 0.29) is 11.4 Å². The number of sulfonamides is 1. The monoisotopic (exact) mass is 357 g/mol. The largest absolute Gasteiger partial charge is 0.378 e. The van der Waals surface area contributed by atoms with Crippen LogP contribution in [-0.2, 0) is 14.8 Å². The summed E-state index contributed by atoms with van der Waals surface area (Å²) >= 11 is 0. The number of hydrogen-bond acceptors (Lipinski definition) is 5. The van der Waals surface area contributed by atoms with E-state index in [1.807, 2.05) is 11.6 Å². The topological polar surface area (TPSA) is 87.7 Å². The summed E-state index contributed by atoms with van der Waals surface area (Å²) in [4.78, 5) is 14.0. The minimum absolute atomic E-state index is 0.0544. The lowest BCUT2D eigenvalue weighted by Crippen LogP contribution is -2.40. The van der Waals surface area contributed by atoms with Gasteiger partial charge in [0.05, 0.1) is 18.1 Å². The van der Waals surface area contributed by atoms with Crippen molar-refractivity contribution in [2.75, 3.05) is 39.4 Å². The van der Waals surface area contributed by atoms with E-state index in [9.17, 15) is 13.2 Å². The standard InChI is InChI=1S/C16H27N3O4S/c1-4-19(5-2)11-13-23-12-10-17-16(20)18-24(21,22)15-8-6-14(3)7-9-15/h6-9H,4-5,10-13H2,1-3H3,(H2,17,18,20). The first-order valence-electron chi connectivity index (χ1n) is 8.06. The summed E-state index contributed by atoms with van der Waals surface area (Å²) in [5.41, 5.74) is 0.945. The van der Waals surface area contributed by atoms with Gasteiger partial charge >= 0.3 is 6.03 Å². The highest BCUT2D eigenvalue weighted by atomic mass is 32.2. The van der Waals surface area contributed by atoms with E-state index in [0.717, 1.165) is 25.2 Å². The predicted octanol–water partition coefficient (Wildman–Crippen LogP) is 1.34. The number of amides is 2. The number of aryl methyl sites for hydroxylation is 1.